The number of ether oxygens (including phenoxy) is 2. The van der Waals surface area contributed by atoms with Gasteiger partial charge in [0.1, 0.15) is 5.75 Å². The molecule has 4 fully saturated rings. The van der Waals surface area contributed by atoms with Crippen molar-refractivity contribution in [2.75, 3.05) is 13.7 Å². The molecule has 4 aliphatic rings. The maximum absolute atomic E-state index is 9.44. The topological polar surface area (TPSA) is 63.1 Å². The zero-order chi connectivity index (χ0) is 28.3. The number of oxime groups is 1. The molecule has 0 spiro atoms. The number of fused-ring (bicyclic) bond motifs is 5. The van der Waals surface area contributed by atoms with E-state index in [1.54, 1.807) is 0 Å². The molecule has 0 bridgehead atoms. The summed E-state index contributed by atoms with van der Waals surface area (Å²) < 4.78 is 12.8. The van der Waals surface area contributed by atoms with E-state index in [0.29, 0.717) is 29.5 Å². The molecule has 8 atom stereocenters. The molecule has 4 saturated carbocycles. The van der Waals surface area contributed by atoms with Crippen molar-refractivity contribution < 1.29 is 14.7 Å². The summed E-state index contributed by atoms with van der Waals surface area (Å²) in [6, 6.07) is 9.75. The molecule has 0 heterocycles. The van der Waals surface area contributed by atoms with Gasteiger partial charge < -0.3 is 20.0 Å². The average molecular weight is 553 g/mol. The molecule has 5 rings (SSSR count). The van der Waals surface area contributed by atoms with Crippen LogP contribution in [0, 0.1) is 34.5 Å². The van der Waals surface area contributed by atoms with E-state index in [0.717, 1.165) is 74.3 Å². The molecule has 1 aromatic carbocycles. The second kappa shape index (κ2) is 12.7. The Bertz CT molecular complexity index is 1010. The number of hydrogen-bond donors (Lipinski definition) is 2. The minimum absolute atomic E-state index is 0.242. The van der Waals surface area contributed by atoms with Gasteiger partial charge in [-0.3, -0.25) is 0 Å². The van der Waals surface area contributed by atoms with Crippen molar-refractivity contribution in [2.45, 2.75) is 129 Å². The van der Waals surface area contributed by atoms with E-state index in [-0.39, 0.29) is 5.41 Å². The summed E-state index contributed by atoms with van der Waals surface area (Å²) >= 11 is 0. The van der Waals surface area contributed by atoms with Gasteiger partial charge >= 0.3 is 0 Å². The fourth-order valence-corrected chi connectivity index (χ4v) is 10.2. The molecule has 0 amide bonds. The van der Waals surface area contributed by atoms with Gasteiger partial charge in [0, 0.05) is 24.6 Å². The summed E-state index contributed by atoms with van der Waals surface area (Å²) in [5.74, 6) is 4.03. The van der Waals surface area contributed by atoms with Crippen molar-refractivity contribution in [1.82, 2.24) is 5.32 Å². The monoisotopic (exact) mass is 552 g/mol. The van der Waals surface area contributed by atoms with Gasteiger partial charge in [0.15, 0.2) is 0 Å². The van der Waals surface area contributed by atoms with Crippen LogP contribution in [-0.2, 0) is 4.74 Å². The third-order valence-electron chi connectivity index (χ3n) is 12.5. The van der Waals surface area contributed by atoms with Gasteiger partial charge in [-0.15, -0.1) is 0 Å². The Hall–Kier alpha value is -1.59. The predicted octanol–water partition coefficient (Wildman–Crippen LogP) is 8.55. The zero-order valence-corrected chi connectivity index (χ0v) is 26.0. The first-order chi connectivity index (χ1) is 19.4. The molecule has 2 N–H and O–H groups in total. The van der Waals surface area contributed by atoms with Crippen LogP contribution in [0.15, 0.2) is 29.4 Å². The largest absolute Gasteiger partial charge is 0.494 e. The van der Waals surface area contributed by atoms with Crippen molar-refractivity contribution in [2.24, 2.45) is 39.7 Å². The first-order valence-electron chi connectivity index (χ1n) is 16.6. The number of hydrogen-bond acceptors (Lipinski definition) is 5. The lowest BCUT2D eigenvalue weighted by atomic mass is 9.44. The molecule has 224 valence electrons. The lowest BCUT2D eigenvalue weighted by molar-refractivity contribution is -0.130. The van der Waals surface area contributed by atoms with Crippen molar-refractivity contribution in [1.29, 1.82) is 0 Å². The Kier molecular flexibility index (Phi) is 9.51. The molecule has 0 saturated heterocycles. The molecule has 40 heavy (non-hydrogen) atoms. The van der Waals surface area contributed by atoms with Crippen LogP contribution in [0.4, 0.5) is 0 Å². The van der Waals surface area contributed by atoms with Crippen LogP contribution in [0.5, 0.6) is 5.75 Å². The van der Waals surface area contributed by atoms with Crippen LogP contribution in [0.25, 0.3) is 0 Å². The van der Waals surface area contributed by atoms with Crippen LogP contribution in [0.2, 0.25) is 0 Å². The standard InChI is InChI=1S/C35H56N2O3/c1-6-26(7-2)36-32(8-3)24-10-9-11-28(22-24)40-21-20-35-19-17-30-29(31(35)14-15-33(35)39-5)13-12-25-23-27(37-38)16-18-34(25,30)4/h9-11,22,25-26,29-33,36,38H,6-8,12-21,23H2,1-5H3/b37-27+/t25?,29?,30?,31?,32?,33-,34-,35+/m0/s1. The lowest BCUT2D eigenvalue weighted by Crippen LogP contribution is -2.55. The third kappa shape index (κ3) is 5.46. The second-order valence-corrected chi connectivity index (χ2v) is 13.9. The van der Waals surface area contributed by atoms with Crippen molar-refractivity contribution in [3.63, 3.8) is 0 Å². The molecule has 5 nitrogen and oxygen atoms in total. The summed E-state index contributed by atoms with van der Waals surface area (Å²) in [5.41, 5.74) is 3.01. The van der Waals surface area contributed by atoms with Gasteiger partial charge in [0.25, 0.3) is 0 Å². The highest BCUT2D eigenvalue weighted by atomic mass is 16.5. The molecule has 0 radical (unpaired) electrons. The number of nitrogens with one attached hydrogen (secondary N) is 1. The van der Waals surface area contributed by atoms with Crippen LogP contribution >= 0.6 is 0 Å². The van der Waals surface area contributed by atoms with E-state index in [4.69, 9.17) is 9.47 Å². The Morgan fingerprint density at radius 3 is 2.58 bits per heavy atom. The van der Waals surface area contributed by atoms with Gasteiger partial charge in [0.2, 0.25) is 0 Å². The number of nitrogens with zero attached hydrogens (tertiary/aromatic N) is 1. The lowest BCUT2D eigenvalue weighted by Gasteiger charge is -2.61. The Labute approximate surface area is 243 Å². The zero-order valence-electron chi connectivity index (χ0n) is 26.0. The van der Waals surface area contributed by atoms with E-state index in [2.05, 4.69) is 62.4 Å². The molecular weight excluding hydrogens is 496 g/mol. The summed E-state index contributed by atoms with van der Waals surface area (Å²) in [5, 5.41) is 16.9. The fourth-order valence-electron chi connectivity index (χ4n) is 10.2. The van der Waals surface area contributed by atoms with Crippen LogP contribution in [0.1, 0.15) is 123 Å². The maximum Gasteiger partial charge on any atom is 0.119 e. The van der Waals surface area contributed by atoms with E-state index in [1.807, 2.05) is 7.11 Å². The Morgan fingerprint density at radius 2 is 1.85 bits per heavy atom. The Balaban J connectivity index is 1.27. The molecule has 0 aromatic heterocycles. The number of rotatable bonds is 11. The van der Waals surface area contributed by atoms with Gasteiger partial charge in [-0.1, -0.05) is 45.0 Å². The van der Waals surface area contributed by atoms with Gasteiger partial charge in [-0.25, -0.2) is 0 Å². The molecule has 0 aliphatic heterocycles. The van der Waals surface area contributed by atoms with Crippen molar-refractivity contribution >= 4 is 5.71 Å². The van der Waals surface area contributed by atoms with Gasteiger partial charge in [0.05, 0.1) is 18.4 Å². The highest BCUT2D eigenvalue weighted by molar-refractivity contribution is 5.85. The molecular formula is C35H56N2O3. The highest BCUT2D eigenvalue weighted by Crippen LogP contribution is 2.67. The second-order valence-electron chi connectivity index (χ2n) is 13.9. The van der Waals surface area contributed by atoms with Crippen molar-refractivity contribution in [3.05, 3.63) is 29.8 Å². The summed E-state index contributed by atoms with van der Waals surface area (Å²) in [4.78, 5) is 0. The molecule has 4 aliphatic carbocycles. The first-order valence-corrected chi connectivity index (χ1v) is 16.6. The van der Waals surface area contributed by atoms with Gasteiger partial charge in [-0.2, -0.15) is 0 Å². The summed E-state index contributed by atoms with van der Waals surface area (Å²) in [6.45, 7) is 10.2. The number of benzene rings is 1. The SMILES string of the molecule is CCC(CC)NC(CC)c1cccc(OCC[C@]23CCC4C(CCC5C/C(=N/O)CC[C@@]54C)C2CC[C@@H]3OC)c1. The maximum atomic E-state index is 9.44. The Morgan fingerprint density at radius 1 is 1.02 bits per heavy atom. The number of methoxy groups -OCH3 is 1. The highest BCUT2D eigenvalue weighted by Gasteiger charge is 2.61. The quantitative estimate of drug-likeness (QED) is 0.213. The van der Waals surface area contributed by atoms with Crippen LogP contribution in [-0.4, -0.2) is 36.8 Å². The molecule has 1 aromatic rings. The van der Waals surface area contributed by atoms with Crippen molar-refractivity contribution in [3.8, 4) is 5.75 Å². The smallest absolute Gasteiger partial charge is 0.119 e. The van der Waals surface area contributed by atoms with Crippen LogP contribution < -0.4 is 10.1 Å². The van der Waals surface area contributed by atoms with Gasteiger partial charge in [-0.05, 0) is 130 Å². The van der Waals surface area contributed by atoms with E-state index in [9.17, 15) is 5.21 Å². The fraction of sp³-hybridized carbons (Fsp3) is 0.800. The minimum Gasteiger partial charge on any atom is -0.494 e. The molecule has 5 heteroatoms. The third-order valence-corrected chi connectivity index (χ3v) is 12.5. The summed E-state index contributed by atoms with van der Waals surface area (Å²) in [6.07, 6.45) is 15.7. The average Bonchev–Trinajstić information content (AvgIpc) is 3.36. The summed E-state index contributed by atoms with van der Waals surface area (Å²) in [7, 11) is 1.94. The van der Waals surface area contributed by atoms with E-state index < -0.39 is 0 Å². The minimum atomic E-state index is 0.242. The predicted molar refractivity (Wildman–Crippen MR) is 163 cm³/mol. The molecule has 5 unspecified atom stereocenters. The normalized spacial score (nSPS) is 37.1. The van der Waals surface area contributed by atoms with E-state index in [1.165, 1.54) is 50.5 Å². The van der Waals surface area contributed by atoms with Crippen LogP contribution in [0.3, 0.4) is 0 Å². The van der Waals surface area contributed by atoms with E-state index >= 15 is 0 Å². The first kappa shape index (κ1) is 29.9.